The van der Waals surface area contributed by atoms with Gasteiger partial charge in [0.25, 0.3) is 0 Å². The molecule has 132 valence electrons. The Balaban J connectivity index is 0.00000208. The summed E-state index contributed by atoms with van der Waals surface area (Å²) in [6, 6.07) is 7.84. The van der Waals surface area contributed by atoms with Crippen LogP contribution in [-0.2, 0) is 15.1 Å². The second-order valence-corrected chi connectivity index (χ2v) is 6.77. The minimum absolute atomic E-state index is 0. The molecule has 6 heteroatoms. The van der Waals surface area contributed by atoms with Gasteiger partial charge in [-0.2, -0.15) is 0 Å². The Bertz CT molecular complexity index is 614. The van der Waals surface area contributed by atoms with Crippen molar-refractivity contribution < 1.29 is 9.53 Å². The topological polar surface area (TPSA) is 76.7 Å². The summed E-state index contributed by atoms with van der Waals surface area (Å²) < 4.78 is 5.52. The lowest BCUT2D eigenvalue weighted by atomic mass is 9.88. The number of carbonyl (C=O) groups excluding carboxylic acids is 1. The first-order valence-electron chi connectivity index (χ1n) is 8.40. The highest BCUT2D eigenvalue weighted by atomic mass is 35.5. The zero-order chi connectivity index (χ0) is 16.3. The number of amidine groups is 1. The molecule has 1 saturated carbocycles. The molecule has 1 atom stereocenters. The molecule has 5 nitrogen and oxygen atoms in total. The third-order valence-electron chi connectivity index (χ3n) is 4.75. The molecule has 0 saturated heterocycles. The Morgan fingerprint density at radius 2 is 2.08 bits per heavy atom. The summed E-state index contributed by atoms with van der Waals surface area (Å²) in [4.78, 5) is 17.0. The second-order valence-electron chi connectivity index (χ2n) is 6.77. The normalized spacial score (nSPS) is 24.6. The molecule has 0 radical (unpaired) electrons. The van der Waals surface area contributed by atoms with Crippen LogP contribution in [-0.4, -0.2) is 25.0 Å². The van der Waals surface area contributed by atoms with Crippen LogP contribution in [0.2, 0.25) is 0 Å². The average molecular weight is 352 g/mol. The smallest absolute Gasteiger partial charge is 0.227 e. The molecule has 0 bridgehead atoms. The molecule has 24 heavy (non-hydrogen) atoms. The van der Waals surface area contributed by atoms with E-state index in [9.17, 15) is 4.79 Å². The molecule has 0 spiro atoms. The van der Waals surface area contributed by atoms with Crippen molar-refractivity contribution in [3.05, 3.63) is 29.8 Å². The Hall–Kier alpha value is -1.59. The van der Waals surface area contributed by atoms with E-state index in [-0.39, 0.29) is 24.2 Å². The van der Waals surface area contributed by atoms with Gasteiger partial charge >= 0.3 is 0 Å². The van der Waals surface area contributed by atoms with Crippen LogP contribution in [0.25, 0.3) is 0 Å². The number of aliphatic imine (C=N–C) groups is 1. The van der Waals surface area contributed by atoms with Gasteiger partial charge < -0.3 is 15.8 Å². The summed E-state index contributed by atoms with van der Waals surface area (Å²) in [6.45, 7) is 2.88. The first-order valence-corrected chi connectivity index (χ1v) is 8.40. The summed E-state index contributed by atoms with van der Waals surface area (Å²) in [5, 5.41) is 3.06. The summed E-state index contributed by atoms with van der Waals surface area (Å²) in [6.07, 6.45) is 5.55. The number of halogens is 1. The number of nitrogens with one attached hydrogen (secondary N) is 1. The molecular weight excluding hydrogens is 326 g/mol. The number of benzene rings is 1. The van der Waals surface area contributed by atoms with E-state index in [1.165, 1.54) is 6.42 Å². The molecule has 1 aliphatic carbocycles. The molecule has 3 rings (SSSR count). The maximum atomic E-state index is 12.4. The highest BCUT2D eigenvalue weighted by Crippen LogP contribution is 2.30. The van der Waals surface area contributed by atoms with E-state index in [2.05, 4.69) is 10.3 Å². The second kappa shape index (κ2) is 7.99. The molecule has 2 aliphatic rings. The van der Waals surface area contributed by atoms with Gasteiger partial charge in [0, 0.05) is 11.6 Å². The average Bonchev–Trinajstić information content (AvgIpc) is 2.56. The summed E-state index contributed by atoms with van der Waals surface area (Å²) in [5.74, 6) is 0.792. The molecule has 1 fully saturated rings. The highest BCUT2D eigenvalue weighted by Gasteiger charge is 2.30. The molecule has 1 unspecified atom stereocenters. The van der Waals surface area contributed by atoms with E-state index in [0.29, 0.717) is 19.0 Å². The number of carbonyl (C=O) groups is 1. The van der Waals surface area contributed by atoms with Crippen molar-refractivity contribution >= 4 is 29.8 Å². The van der Waals surface area contributed by atoms with Crippen molar-refractivity contribution in [2.24, 2.45) is 16.6 Å². The maximum Gasteiger partial charge on any atom is 0.227 e. The summed E-state index contributed by atoms with van der Waals surface area (Å²) in [7, 11) is 0. The van der Waals surface area contributed by atoms with Crippen LogP contribution in [0.3, 0.4) is 0 Å². The third kappa shape index (κ3) is 4.28. The van der Waals surface area contributed by atoms with Crippen molar-refractivity contribution in [3.8, 4) is 0 Å². The lowest BCUT2D eigenvalue weighted by molar-refractivity contribution is -0.120. The SMILES string of the molecule is CC1(c2cccc(NC(=O)C3CCCCC3)c2)COCC(N)=N1.Cl. The van der Waals surface area contributed by atoms with Crippen molar-refractivity contribution in [3.63, 3.8) is 0 Å². The number of hydrogen-bond donors (Lipinski definition) is 2. The first-order chi connectivity index (χ1) is 11.1. The number of amides is 1. The van der Waals surface area contributed by atoms with Gasteiger partial charge in [-0.15, -0.1) is 12.4 Å². The molecule has 1 aromatic rings. The first kappa shape index (κ1) is 18.7. The van der Waals surface area contributed by atoms with Crippen LogP contribution >= 0.6 is 12.4 Å². The number of nitrogens with two attached hydrogens (primary N) is 1. The number of ether oxygens (including phenoxy) is 1. The number of hydrogen-bond acceptors (Lipinski definition) is 4. The van der Waals surface area contributed by atoms with E-state index in [1.807, 2.05) is 31.2 Å². The van der Waals surface area contributed by atoms with Crippen LogP contribution in [0, 0.1) is 5.92 Å². The van der Waals surface area contributed by atoms with Crippen LogP contribution in [0.5, 0.6) is 0 Å². The zero-order valence-electron chi connectivity index (χ0n) is 14.1. The van der Waals surface area contributed by atoms with Gasteiger partial charge in [0.05, 0.1) is 6.61 Å². The third-order valence-corrected chi connectivity index (χ3v) is 4.75. The van der Waals surface area contributed by atoms with E-state index in [1.54, 1.807) is 0 Å². The van der Waals surface area contributed by atoms with E-state index in [4.69, 9.17) is 10.5 Å². The van der Waals surface area contributed by atoms with Crippen molar-refractivity contribution in [2.75, 3.05) is 18.5 Å². The highest BCUT2D eigenvalue weighted by molar-refractivity contribution is 5.92. The molecule has 3 N–H and O–H groups in total. The predicted molar refractivity (Wildman–Crippen MR) is 98.7 cm³/mol. The van der Waals surface area contributed by atoms with Gasteiger partial charge in [-0.05, 0) is 37.5 Å². The minimum atomic E-state index is -0.492. The molecule has 1 amide bonds. The van der Waals surface area contributed by atoms with E-state index < -0.39 is 5.54 Å². The number of nitrogens with zero attached hydrogens (tertiary/aromatic N) is 1. The van der Waals surface area contributed by atoms with E-state index in [0.717, 1.165) is 36.9 Å². The van der Waals surface area contributed by atoms with Crippen LogP contribution < -0.4 is 11.1 Å². The molecule has 1 aliphatic heterocycles. The molecule has 0 aromatic heterocycles. The van der Waals surface area contributed by atoms with Gasteiger partial charge in [-0.1, -0.05) is 31.4 Å². The largest absolute Gasteiger partial charge is 0.386 e. The van der Waals surface area contributed by atoms with Crippen molar-refractivity contribution in [1.82, 2.24) is 0 Å². The van der Waals surface area contributed by atoms with Gasteiger partial charge in [-0.3, -0.25) is 9.79 Å². The van der Waals surface area contributed by atoms with Gasteiger partial charge in [0.15, 0.2) is 0 Å². The Morgan fingerprint density at radius 3 is 2.79 bits per heavy atom. The zero-order valence-corrected chi connectivity index (χ0v) is 14.9. The number of anilines is 1. The van der Waals surface area contributed by atoms with Crippen molar-refractivity contribution in [2.45, 2.75) is 44.6 Å². The summed E-state index contributed by atoms with van der Waals surface area (Å²) >= 11 is 0. The fourth-order valence-corrected chi connectivity index (χ4v) is 3.42. The Labute approximate surface area is 149 Å². The van der Waals surface area contributed by atoms with E-state index >= 15 is 0 Å². The Kier molecular flexibility index (Phi) is 6.24. The number of rotatable bonds is 3. The fraction of sp³-hybridized carbons (Fsp3) is 0.556. The van der Waals surface area contributed by atoms with Crippen LogP contribution in [0.1, 0.15) is 44.6 Å². The van der Waals surface area contributed by atoms with Crippen molar-refractivity contribution in [1.29, 1.82) is 0 Å². The minimum Gasteiger partial charge on any atom is -0.386 e. The van der Waals surface area contributed by atoms with Crippen LogP contribution in [0.15, 0.2) is 29.3 Å². The summed E-state index contributed by atoms with van der Waals surface area (Å²) in [5.41, 5.74) is 7.15. The molecule has 1 aromatic carbocycles. The quantitative estimate of drug-likeness (QED) is 0.877. The van der Waals surface area contributed by atoms with Gasteiger partial charge in [0.1, 0.15) is 18.0 Å². The molecule has 1 heterocycles. The molecular formula is C18H26ClN3O2. The van der Waals surface area contributed by atoms with Gasteiger partial charge in [-0.25, -0.2) is 0 Å². The lowest BCUT2D eigenvalue weighted by Gasteiger charge is -2.30. The monoisotopic (exact) mass is 351 g/mol. The Morgan fingerprint density at radius 1 is 1.33 bits per heavy atom. The fourth-order valence-electron chi connectivity index (χ4n) is 3.42. The lowest BCUT2D eigenvalue weighted by Crippen LogP contribution is -2.37. The van der Waals surface area contributed by atoms with Crippen LogP contribution in [0.4, 0.5) is 5.69 Å². The predicted octanol–water partition coefficient (Wildman–Crippen LogP) is 3.23. The van der Waals surface area contributed by atoms with Gasteiger partial charge in [0.2, 0.25) is 5.91 Å². The standard InChI is InChI=1S/C18H25N3O2.ClH/c1-18(12-23-11-16(19)21-18)14-8-5-9-15(10-14)20-17(22)13-6-3-2-4-7-13;/h5,8-10,13H,2-4,6-7,11-12H2,1H3,(H2,19,21)(H,20,22);1H. The maximum absolute atomic E-state index is 12.4.